The van der Waals surface area contributed by atoms with Gasteiger partial charge in [-0.3, -0.25) is 0 Å². The molecule has 0 unspecified atom stereocenters. The van der Waals surface area contributed by atoms with Gasteiger partial charge in [-0.25, -0.2) is 4.57 Å². The Morgan fingerprint density at radius 1 is 1.18 bits per heavy atom. The molecule has 0 bridgehead atoms. The lowest BCUT2D eigenvalue weighted by molar-refractivity contribution is -0.678. The summed E-state index contributed by atoms with van der Waals surface area (Å²) in [7, 11) is 1.93. The minimum atomic E-state index is 0.371. The van der Waals surface area contributed by atoms with Crippen molar-refractivity contribution in [1.82, 2.24) is 0 Å². The maximum Gasteiger partial charge on any atom is 0.211 e. The molecule has 60 valence electrons. The molecule has 0 aliphatic heterocycles. The van der Waals surface area contributed by atoms with Gasteiger partial charge in [-0.1, -0.05) is 0 Å². The van der Waals surface area contributed by atoms with E-state index in [1.54, 1.807) is 6.20 Å². The quantitative estimate of drug-likeness (QED) is 0.554. The molecule has 0 amide bonds. The number of pyridine rings is 1. The zero-order chi connectivity index (χ0) is 8.59. The first-order chi connectivity index (χ1) is 5.04. The molecular formula is C9H14NO+. The van der Waals surface area contributed by atoms with E-state index in [1.807, 2.05) is 32.4 Å². The highest BCUT2D eigenvalue weighted by molar-refractivity contribution is 5.34. The topological polar surface area (TPSA) is 24.1 Å². The van der Waals surface area contributed by atoms with Gasteiger partial charge in [-0.15, -0.1) is 0 Å². The monoisotopic (exact) mass is 152 g/mol. The third kappa shape index (κ3) is 1.20. The van der Waals surface area contributed by atoms with Crippen LogP contribution in [-0.2, 0) is 7.05 Å². The van der Waals surface area contributed by atoms with Gasteiger partial charge in [0.15, 0.2) is 11.4 Å². The molecule has 0 aliphatic carbocycles. The maximum absolute atomic E-state index is 9.38. The highest BCUT2D eigenvalue weighted by Gasteiger charge is 2.11. The second-order valence-electron chi connectivity index (χ2n) is 2.96. The van der Waals surface area contributed by atoms with Gasteiger partial charge in [0.1, 0.15) is 7.05 Å². The number of aromatic nitrogens is 1. The summed E-state index contributed by atoms with van der Waals surface area (Å²) < 4.78 is 1.93. The van der Waals surface area contributed by atoms with E-state index in [0.29, 0.717) is 5.75 Å². The molecule has 1 N–H and O–H groups in total. The molecule has 1 aromatic rings. The Balaban J connectivity index is 3.46. The molecule has 0 atom stereocenters. The summed E-state index contributed by atoms with van der Waals surface area (Å²) in [6, 6.07) is 0. The van der Waals surface area contributed by atoms with Gasteiger partial charge in [0.2, 0.25) is 6.20 Å². The van der Waals surface area contributed by atoms with Gasteiger partial charge in [0.05, 0.1) is 0 Å². The molecule has 1 rings (SSSR count). The summed E-state index contributed by atoms with van der Waals surface area (Å²) in [4.78, 5) is 0. The van der Waals surface area contributed by atoms with Crippen molar-refractivity contribution in [3.8, 4) is 5.75 Å². The molecule has 0 aliphatic rings. The van der Waals surface area contributed by atoms with Crippen LogP contribution in [0.15, 0.2) is 6.20 Å². The van der Waals surface area contributed by atoms with Crippen LogP contribution in [0, 0.1) is 20.8 Å². The van der Waals surface area contributed by atoms with Crippen LogP contribution in [-0.4, -0.2) is 5.11 Å². The van der Waals surface area contributed by atoms with E-state index in [9.17, 15) is 5.11 Å². The van der Waals surface area contributed by atoms with Crippen molar-refractivity contribution in [3.05, 3.63) is 23.0 Å². The van der Waals surface area contributed by atoms with Crippen LogP contribution >= 0.6 is 0 Å². The first-order valence-electron chi connectivity index (χ1n) is 3.69. The zero-order valence-electron chi connectivity index (χ0n) is 7.47. The lowest BCUT2D eigenvalue weighted by Gasteiger charge is -2.03. The van der Waals surface area contributed by atoms with Crippen molar-refractivity contribution >= 4 is 0 Å². The highest BCUT2D eigenvalue weighted by atomic mass is 16.3. The van der Waals surface area contributed by atoms with Crippen LogP contribution in [0.3, 0.4) is 0 Å². The van der Waals surface area contributed by atoms with E-state index in [-0.39, 0.29) is 0 Å². The van der Waals surface area contributed by atoms with Crippen molar-refractivity contribution in [1.29, 1.82) is 0 Å². The van der Waals surface area contributed by atoms with Crippen molar-refractivity contribution in [2.45, 2.75) is 20.8 Å². The predicted molar refractivity (Wildman–Crippen MR) is 43.5 cm³/mol. The van der Waals surface area contributed by atoms with Gasteiger partial charge in [0.25, 0.3) is 0 Å². The minimum absolute atomic E-state index is 0.371. The van der Waals surface area contributed by atoms with Crippen LogP contribution < -0.4 is 4.57 Å². The van der Waals surface area contributed by atoms with Gasteiger partial charge >= 0.3 is 0 Å². The van der Waals surface area contributed by atoms with Crippen molar-refractivity contribution in [3.63, 3.8) is 0 Å². The fourth-order valence-corrected chi connectivity index (χ4v) is 1.11. The van der Waals surface area contributed by atoms with Gasteiger partial charge in [0, 0.05) is 18.1 Å². The molecule has 2 nitrogen and oxygen atoms in total. The SMILES string of the molecule is Cc1c(O)c[n+](C)c(C)c1C. The Morgan fingerprint density at radius 2 is 1.73 bits per heavy atom. The fraction of sp³-hybridized carbons (Fsp3) is 0.444. The van der Waals surface area contributed by atoms with Gasteiger partial charge < -0.3 is 5.11 Å². The average molecular weight is 152 g/mol. The lowest BCUT2D eigenvalue weighted by atomic mass is 10.1. The highest BCUT2D eigenvalue weighted by Crippen LogP contribution is 2.18. The molecule has 1 aromatic heterocycles. The van der Waals surface area contributed by atoms with Crippen LogP contribution in [0.5, 0.6) is 5.75 Å². The third-order valence-corrected chi connectivity index (χ3v) is 2.33. The molecule has 0 saturated carbocycles. The first-order valence-corrected chi connectivity index (χ1v) is 3.69. The van der Waals surface area contributed by atoms with E-state index in [1.165, 1.54) is 5.69 Å². The second kappa shape index (κ2) is 2.53. The summed E-state index contributed by atoms with van der Waals surface area (Å²) in [6.07, 6.45) is 1.73. The van der Waals surface area contributed by atoms with E-state index >= 15 is 0 Å². The van der Waals surface area contributed by atoms with Crippen LogP contribution in [0.1, 0.15) is 16.8 Å². The molecular weight excluding hydrogens is 138 g/mol. The minimum Gasteiger partial charge on any atom is -0.503 e. The number of aryl methyl sites for hydroxylation is 1. The summed E-state index contributed by atoms with van der Waals surface area (Å²) >= 11 is 0. The molecule has 0 saturated heterocycles. The molecule has 0 spiro atoms. The van der Waals surface area contributed by atoms with Gasteiger partial charge in [-0.2, -0.15) is 0 Å². The third-order valence-electron chi connectivity index (χ3n) is 2.33. The molecule has 2 heteroatoms. The number of hydrogen-bond acceptors (Lipinski definition) is 1. The molecule has 0 aromatic carbocycles. The summed E-state index contributed by atoms with van der Waals surface area (Å²) in [5, 5.41) is 9.38. The Morgan fingerprint density at radius 3 is 2.27 bits per heavy atom. The van der Waals surface area contributed by atoms with E-state index in [0.717, 1.165) is 11.1 Å². The van der Waals surface area contributed by atoms with Crippen LogP contribution in [0.2, 0.25) is 0 Å². The molecule has 11 heavy (non-hydrogen) atoms. The van der Waals surface area contributed by atoms with Crippen molar-refractivity contribution in [2.75, 3.05) is 0 Å². The summed E-state index contributed by atoms with van der Waals surface area (Å²) in [5.41, 5.74) is 3.33. The fourth-order valence-electron chi connectivity index (χ4n) is 1.11. The standard InChI is InChI=1S/C9H13NO/c1-6-7(2)9(11)5-10(4)8(6)3/h5H,1-4H3/p+1. The average Bonchev–Trinajstić information content (AvgIpc) is 1.97. The molecule has 0 fully saturated rings. The van der Waals surface area contributed by atoms with E-state index in [4.69, 9.17) is 0 Å². The largest absolute Gasteiger partial charge is 0.503 e. The first kappa shape index (κ1) is 8.05. The lowest BCUT2D eigenvalue weighted by Crippen LogP contribution is -2.32. The number of nitrogens with zero attached hydrogens (tertiary/aromatic N) is 1. The smallest absolute Gasteiger partial charge is 0.211 e. The predicted octanol–water partition coefficient (Wildman–Crippen LogP) is 1.14. The van der Waals surface area contributed by atoms with Crippen molar-refractivity contribution < 1.29 is 9.67 Å². The van der Waals surface area contributed by atoms with Crippen LogP contribution in [0.4, 0.5) is 0 Å². The van der Waals surface area contributed by atoms with E-state index in [2.05, 4.69) is 0 Å². The maximum atomic E-state index is 9.38. The Labute approximate surface area is 67.1 Å². The number of rotatable bonds is 0. The zero-order valence-corrected chi connectivity index (χ0v) is 7.47. The number of hydrogen-bond donors (Lipinski definition) is 1. The molecule has 1 heterocycles. The van der Waals surface area contributed by atoms with Crippen LogP contribution in [0.25, 0.3) is 0 Å². The van der Waals surface area contributed by atoms with Crippen molar-refractivity contribution in [2.24, 2.45) is 7.05 Å². The molecule has 0 radical (unpaired) electrons. The second-order valence-corrected chi connectivity index (χ2v) is 2.96. The Hall–Kier alpha value is -1.05. The normalized spacial score (nSPS) is 10.2. The Bertz CT molecular complexity index is 266. The van der Waals surface area contributed by atoms with Gasteiger partial charge in [-0.05, 0) is 13.8 Å². The Kier molecular flexibility index (Phi) is 1.85. The number of aromatic hydroxyl groups is 1. The summed E-state index contributed by atoms with van der Waals surface area (Å²) in [6.45, 7) is 5.99. The van der Waals surface area contributed by atoms with E-state index < -0.39 is 0 Å². The summed E-state index contributed by atoms with van der Waals surface area (Å²) in [5.74, 6) is 0.371.